The maximum Gasteiger partial charge on any atom is 0.321 e. The number of rotatable bonds is 5. The molecule has 0 aromatic heterocycles. The van der Waals surface area contributed by atoms with Crippen LogP contribution in [-0.4, -0.2) is 28.2 Å². The Labute approximate surface area is 121 Å². The molecule has 21 heavy (non-hydrogen) atoms. The Bertz CT molecular complexity index is 637. The van der Waals surface area contributed by atoms with E-state index in [9.17, 15) is 14.7 Å². The second-order valence-corrected chi connectivity index (χ2v) is 4.67. The molecule has 5 nitrogen and oxygen atoms in total. The first-order valence-electron chi connectivity index (χ1n) is 6.37. The molecule has 4 N–H and O–H groups in total. The lowest BCUT2D eigenvalue weighted by Gasteiger charge is -2.17. The van der Waals surface area contributed by atoms with Gasteiger partial charge in [-0.25, -0.2) is 0 Å². The van der Waals surface area contributed by atoms with E-state index in [1.807, 2.05) is 30.3 Å². The fraction of sp³-hybridized carbons (Fsp3) is 0.125. The summed E-state index contributed by atoms with van der Waals surface area (Å²) in [5.41, 5.74) is 7.76. The molecule has 2 rings (SSSR count). The molecule has 0 amide bonds. The molecule has 0 saturated carbocycles. The number of hydrogen-bond donors (Lipinski definition) is 3. The molecular formula is C16H15NO4. The van der Waals surface area contributed by atoms with E-state index in [4.69, 9.17) is 10.8 Å². The van der Waals surface area contributed by atoms with Crippen LogP contribution >= 0.6 is 0 Å². The Morgan fingerprint density at radius 2 is 1.33 bits per heavy atom. The zero-order valence-corrected chi connectivity index (χ0v) is 11.1. The minimum absolute atomic E-state index is 0.372. The van der Waals surface area contributed by atoms with Crippen molar-refractivity contribution in [1.82, 2.24) is 0 Å². The van der Waals surface area contributed by atoms with Crippen molar-refractivity contribution in [2.24, 2.45) is 5.73 Å². The first kappa shape index (κ1) is 14.7. The highest BCUT2D eigenvalue weighted by Gasteiger charge is 2.32. The summed E-state index contributed by atoms with van der Waals surface area (Å²) in [6, 6.07) is 14.8. The molecule has 5 heteroatoms. The van der Waals surface area contributed by atoms with Gasteiger partial charge >= 0.3 is 11.9 Å². The molecule has 0 radical (unpaired) electrons. The summed E-state index contributed by atoms with van der Waals surface area (Å²) in [7, 11) is 0. The highest BCUT2D eigenvalue weighted by Crippen LogP contribution is 2.24. The van der Waals surface area contributed by atoms with Crippen molar-refractivity contribution in [1.29, 1.82) is 0 Å². The van der Waals surface area contributed by atoms with Gasteiger partial charge in [0.05, 0.1) is 0 Å². The molecule has 2 aromatic rings. The van der Waals surface area contributed by atoms with Crippen LogP contribution in [0.1, 0.15) is 11.5 Å². The minimum atomic E-state index is -1.48. The molecule has 0 fully saturated rings. The van der Waals surface area contributed by atoms with Gasteiger partial charge in [-0.2, -0.15) is 0 Å². The van der Waals surface area contributed by atoms with Gasteiger partial charge in [-0.3, -0.25) is 9.59 Å². The predicted molar refractivity (Wildman–Crippen MR) is 77.9 cm³/mol. The third-order valence-corrected chi connectivity index (χ3v) is 3.29. The maximum atomic E-state index is 11.3. The van der Waals surface area contributed by atoms with Crippen molar-refractivity contribution in [3.8, 4) is 11.1 Å². The zero-order valence-electron chi connectivity index (χ0n) is 11.1. The number of hydrogen-bond acceptors (Lipinski definition) is 3. The van der Waals surface area contributed by atoms with Crippen LogP contribution in [0.4, 0.5) is 0 Å². The van der Waals surface area contributed by atoms with E-state index in [2.05, 4.69) is 0 Å². The van der Waals surface area contributed by atoms with E-state index in [1.54, 1.807) is 24.3 Å². The molecule has 0 bridgehead atoms. The van der Waals surface area contributed by atoms with E-state index < -0.39 is 23.9 Å². The van der Waals surface area contributed by atoms with Crippen molar-refractivity contribution >= 4 is 11.9 Å². The van der Waals surface area contributed by atoms with Crippen molar-refractivity contribution in [3.63, 3.8) is 0 Å². The van der Waals surface area contributed by atoms with Crippen LogP contribution in [-0.2, 0) is 9.59 Å². The van der Waals surface area contributed by atoms with Crippen molar-refractivity contribution in [3.05, 3.63) is 60.2 Å². The summed E-state index contributed by atoms with van der Waals surface area (Å²) in [4.78, 5) is 22.2. The average Bonchev–Trinajstić information content (AvgIpc) is 2.48. The lowest BCUT2D eigenvalue weighted by molar-refractivity contribution is -0.146. The number of aliphatic carboxylic acids is 2. The van der Waals surface area contributed by atoms with Crippen molar-refractivity contribution < 1.29 is 19.8 Å². The summed E-state index contributed by atoms with van der Waals surface area (Å²) in [6.45, 7) is 0. The molecule has 0 saturated heterocycles. The van der Waals surface area contributed by atoms with Gasteiger partial charge in [0.1, 0.15) is 12.0 Å². The Kier molecular flexibility index (Phi) is 4.35. The van der Waals surface area contributed by atoms with Crippen molar-refractivity contribution in [2.75, 3.05) is 0 Å². The fourth-order valence-corrected chi connectivity index (χ4v) is 2.16. The standard InChI is InChI=1S/C16H15NO4/c17-14(16(20)21)13(15(18)19)12-8-6-11(7-9-12)10-4-2-1-3-5-10/h1-9,13-14H,17H2,(H,18,19)(H,20,21). The van der Waals surface area contributed by atoms with E-state index in [0.717, 1.165) is 11.1 Å². The van der Waals surface area contributed by atoms with Crippen LogP contribution < -0.4 is 5.73 Å². The highest BCUT2D eigenvalue weighted by molar-refractivity contribution is 5.86. The summed E-state index contributed by atoms with van der Waals surface area (Å²) in [5, 5.41) is 18.1. The Hall–Kier alpha value is -2.66. The molecule has 0 aliphatic carbocycles. The molecular weight excluding hydrogens is 270 g/mol. The Balaban J connectivity index is 2.32. The van der Waals surface area contributed by atoms with Gasteiger partial charge in [-0.15, -0.1) is 0 Å². The molecule has 2 unspecified atom stereocenters. The number of carbonyl (C=O) groups is 2. The summed E-state index contributed by atoms with van der Waals surface area (Å²) in [5.74, 6) is -3.86. The average molecular weight is 285 g/mol. The van der Waals surface area contributed by atoms with E-state index in [-0.39, 0.29) is 0 Å². The van der Waals surface area contributed by atoms with E-state index in [1.165, 1.54) is 0 Å². The zero-order chi connectivity index (χ0) is 15.4. The molecule has 2 aromatic carbocycles. The number of benzene rings is 2. The molecule has 2 atom stereocenters. The van der Waals surface area contributed by atoms with Crippen LogP contribution in [0.15, 0.2) is 54.6 Å². The fourth-order valence-electron chi connectivity index (χ4n) is 2.16. The van der Waals surface area contributed by atoms with Gasteiger partial charge in [0, 0.05) is 0 Å². The molecule has 108 valence electrons. The summed E-state index contributed by atoms with van der Waals surface area (Å²) >= 11 is 0. The molecule has 0 aliphatic heterocycles. The van der Waals surface area contributed by atoms with Crippen LogP contribution in [0, 0.1) is 0 Å². The van der Waals surface area contributed by atoms with Gasteiger partial charge in [0.2, 0.25) is 0 Å². The summed E-state index contributed by atoms with van der Waals surface area (Å²) < 4.78 is 0. The largest absolute Gasteiger partial charge is 0.481 e. The molecule has 0 aliphatic rings. The lowest BCUT2D eigenvalue weighted by Crippen LogP contribution is -2.40. The van der Waals surface area contributed by atoms with Gasteiger partial charge in [-0.1, -0.05) is 54.6 Å². The molecule has 0 heterocycles. The summed E-state index contributed by atoms with van der Waals surface area (Å²) in [6.07, 6.45) is 0. The highest BCUT2D eigenvalue weighted by atomic mass is 16.4. The first-order valence-corrected chi connectivity index (χ1v) is 6.37. The lowest BCUT2D eigenvalue weighted by atomic mass is 9.90. The maximum absolute atomic E-state index is 11.3. The van der Waals surface area contributed by atoms with Crippen LogP contribution in [0.3, 0.4) is 0 Å². The number of carboxylic acid groups (broad SMARTS) is 2. The van der Waals surface area contributed by atoms with Gasteiger partial charge in [0.25, 0.3) is 0 Å². The quantitative estimate of drug-likeness (QED) is 0.779. The van der Waals surface area contributed by atoms with Crippen LogP contribution in [0.25, 0.3) is 11.1 Å². The van der Waals surface area contributed by atoms with Crippen molar-refractivity contribution in [2.45, 2.75) is 12.0 Å². The molecule has 0 spiro atoms. The first-order chi connectivity index (χ1) is 10.0. The second-order valence-electron chi connectivity index (χ2n) is 4.67. The third kappa shape index (κ3) is 3.27. The normalized spacial score (nSPS) is 13.4. The van der Waals surface area contributed by atoms with Gasteiger partial charge < -0.3 is 15.9 Å². The van der Waals surface area contributed by atoms with Gasteiger partial charge in [-0.05, 0) is 16.7 Å². The topological polar surface area (TPSA) is 101 Å². The second kappa shape index (κ2) is 6.19. The number of carboxylic acids is 2. The van der Waals surface area contributed by atoms with Crippen LogP contribution in [0.5, 0.6) is 0 Å². The third-order valence-electron chi connectivity index (χ3n) is 3.29. The predicted octanol–water partition coefficient (Wildman–Crippen LogP) is 1.93. The van der Waals surface area contributed by atoms with E-state index >= 15 is 0 Å². The minimum Gasteiger partial charge on any atom is -0.481 e. The van der Waals surface area contributed by atoms with Gasteiger partial charge in [0.15, 0.2) is 0 Å². The smallest absolute Gasteiger partial charge is 0.321 e. The van der Waals surface area contributed by atoms with E-state index in [0.29, 0.717) is 5.56 Å². The monoisotopic (exact) mass is 285 g/mol. The Morgan fingerprint density at radius 3 is 1.81 bits per heavy atom. The SMILES string of the molecule is NC(C(=O)O)C(C(=O)O)c1ccc(-c2ccccc2)cc1. The van der Waals surface area contributed by atoms with Crippen LogP contribution in [0.2, 0.25) is 0 Å². The number of nitrogens with two attached hydrogens (primary N) is 1. The Morgan fingerprint density at radius 1 is 0.810 bits per heavy atom.